The summed E-state index contributed by atoms with van der Waals surface area (Å²) in [7, 11) is 0. The first kappa shape index (κ1) is 19.2. The fourth-order valence-corrected chi connectivity index (χ4v) is 3.28. The van der Waals surface area contributed by atoms with Gasteiger partial charge in [-0.05, 0) is 62.8 Å². The van der Waals surface area contributed by atoms with Gasteiger partial charge in [-0.2, -0.15) is 0 Å². The number of nitrogens with one attached hydrogen (secondary N) is 2. The number of benzene rings is 2. The molecule has 5 nitrogen and oxygen atoms in total. The first-order chi connectivity index (χ1) is 13.0. The Balaban J connectivity index is 1.49. The Morgan fingerprint density at radius 1 is 1.26 bits per heavy atom. The minimum absolute atomic E-state index is 0.0506. The molecule has 0 aliphatic carbocycles. The summed E-state index contributed by atoms with van der Waals surface area (Å²) in [5.41, 5.74) is 2.97. The Morgan fingerprint density at radius 3 is 2.74 bits per heavy atom. The molecule has 1 atom stereocenters. The lowest BCUT2D eigenvalue weighted by Crippen LogP contribution is -2.39. The van der Waals surface area contributed by atoms with Crippen LogP contribution in [0.2, 0.25) is 0 Å². The fraction of sp³-hybridized carbons (Fsp3) is 0.333. The van der Waals surface area contributed by atoms with Crippen molar-refractivity contribution in [1.82, 2.24) is 5.32 Å². The molecule has 6 heteroatoms. The normalized spacial score (nSPS) is 14.7. The maximum absolute atomic E-state index is 11.9. The first-order valence-corrected chi connectivity index (χ1v) is 9.59. The van der Waals surface area contributed by atoms with E-state index in [2.05, 4.69) is 10.6 Å². The molecular formula is C21H25N3O2S. The molecule has 1 heterocycles. The number of carbonyl (C=O) groups is 1. The summed E-state index contributed by atoms with van der Waals surface area (Å²) in [4.78, 5) is 13.7. The number of nitrogens with zero attached hydrogens (tertiary/aromatic N) is 1. The van der Waals surface area contributed by atoms with Gasteiger partial charge in [0.05, 0.1) is 6.04 Å². The summed E-state index contributed by atoms with van der Waals surface area (Å²) in [6.07, 6.45) is 1.53. The van der Waals surface area contributed by atoms with Crippen molar-refractivity contribution in [2.45, 2.75) is 32.7 Å². The standard InChI is InChI=1S/C21H25N3O2S/c1-15-8-10-19(11-9-15)26-14-16(2)22-21(27)23-17-5-3-6-18(13-17)24-12-4-7-20(24)25/h3,5-6,8-11,13,16H,4,7,12,14H2,1-2H3,(H2,22,23,27)/t16-/m1/s1. The lowest BCUT2D eigenvalue weighted by atomic mass is 10.2. The van der Waals surface area contributed by atoms with Gasteiger partial charge < -0.3 is 20.3 Å². The Hall–Kier alpha value is -2.60. The molecule has 3 rings (SSSR count). The number of rotatable bonds is 6. The molecule has 0 aromatic heterocycles. The molecule has 0 bridgehead atoms. The second-order valence-corrected chi connectivity index (χ2v) is 7.23. The van der Waals surface area contributed by atoms with Gasteiger partial charge in [-0.25, -0.2) is 0 Å². The molecule has 2 aromatic carbocycles. The van der Waals surface area contributed by atoms with Crippen molar-refractivity contribution in [2.24, 2.45) is 0 Å². The predicted octanol–water partition coefficient (Wildman–Crippen LogP) is 3.88. The smallest absolute Gasteiger partial charge is 0.227 e. The lowest BCUT2D eigenvalue weighted by Gasteiger charge is -2.19. The molecular weight excluding hydrogens is 358 g/mol. The van der Waals surface area contributed by atoms with Crippen molar-refractivity contribution in [1.29, 1.82) is 0 Å². The van der Waals surface area contributed by atoms with Gasteiger partial charge in [-0.15, -0.1) is 0 Å². The third-order valence-corrected chi connectivity index (χ3v) is 4.61. The molecule has 2 N–H and O–H groups in total. The largest absolute Gasteiger partial charge is 0.491 e. The second-order valence-electron chi connectivity index (χ2n) is 6.82. The van der Waals surface area contributed by atoms with Crippen molar-refractivity contribution < 1.29 is 9.53 Å². The average Bonchev–Trinajstić information content (AvgIpc) is 3.07. The number of anilines is 2. The van der Waals surface area contributed by atoms with Gasteiger partial charge in [0.25, 0.3) is 0 Å². The van der Waals surface area contributed by atoms with Crippen LogP contribution in [0.1, 0.15) is 25.3 Å². The zero-order valence-corrected chi connectivity index (χ0v) is 16.5. The molecule has 0 unspecified atom stereocenters. The van der Waals surface area contributed by atoms with Crippen molar-refractivity contribution >= 4 is 34.6 Å². The van der Waals surface area contributed by atoms with E-state index < -0.39 is 0 Å². The zero-order valence-electron chi connectivity index (χ0n) is 15.7. The van der Waals surface area contributed by atoms with Gasteiger partial charge in [0, 0.05) is 24.3 Å². The van der Waals surface area contributed by atoms with Gasteiger partial charge in [-0.3, -0.25) is 4.79 Å². The van der Waals surface area contributed by atoms with Crippen LogP contribution in [0, 0.1) is 6.92 Å². The van der Waals surface area contributed by atoms with Gasteiger partial charge in [0.1, 0.15) is 12.4 Å². The number of aryl methyl sites for hydroxylation is 1. The quantitative estimate of drug-likeness (QED) is 0.742. The first-order valence-electron chi connectivity index (χ1n) is 9.19. The monoisotopic (exact) mass is 383 g/mol. The van der Waals surface area contributed by atoms with E-state index in [0.29, 0.717) is 18.1 Å². The van der Waals surface area contributed by atoms with Crippen LogP contribution in [0.15, 0.2) is 48.5 Å². The summed E-state index contributed by atoms with van der Waals surface area (Å²) >= 11 is 5.40. The maximum Gasteiger partial charge on any atom is 0.227 e. The van der Waals surface area contributed by atoms with Crippen molar-refractivity contribution in [2.75, 3.05) is 23.4 Å². The minimum atomic E-state index is 0.0506. The number of carbonyl (C=O) groups excluding carboxylic acids is 1. The number of hydrogen-bond acceptors (Lipinski definition) is 3. The average molecular weight is 384 g/mol. The Bertz CT molecular complexity index is 807. The van der Waals surface area contributed by atoms with E-state index >= 15 is 0 Å². The van der Waals surface area contributed by atoms with E-state index in [0.717, 1.165) is 30.1 Å². The van der Waals surface area contributed by atoms with E-state index in [1.807, 2.05) is 67.3 Å². The number of hydrogen-bond donors (Lipinski definition) is 2. The van der Waals surface area contributed by atoms with Gasteiger partial charge in [-0.1, -0.05) is 23.8 Å². The lowest BCUT2D eigenvalue weighted by molar-refractivity contribution is -0.117. The van der Waals surface area contributed by atoms with E-state index in [9.17, 15) is 4.79 Å². The van der Waals surface area contributed by atoms with Crippen LogP contribution in [-0.4, -0.2) is 30.2 Å². The number of thiocarbonyl (C=S) groups is 1. The van der Waals surface area contributed by atoms with Crippen LogP contribution >= 0.6 is 12.2 Å². The highest BCUT2D eigenvalue weighted by Gasteiger charge is 2.21. The van der Waals surface area contributed by atoms with Gasteiger partial charge >= 0.3 is 0 Å². The Labute approximate surface area is 165 Å². The molecule has 1 fully saturated rings. The molecule has 27 heavy (non-hydrogen) atoms. The van der Waals surface area contributed by atoms with Gasteiger partial charge in [0.2, 0.25) is 5.91 Å². The van der Waals surface area contributed by atoms with Crippen LogP contribution in [0.4, 0.5) is 11.4 Å². The third-order valence-electron chi connectivity index (χ3n) is 4.39. The highest BCUT2D eigenvalue weighted by molar-refractivity contribution is 7.80. The SMILES string of the molecule is Cc1ccc(OC[C@@H](C)NC(=S)Nc2cccc(N3CCCC3=O)c2)cc1. The zero-order chi connectivity index (χ0) is 19.2. The van der Waals surface area contributed by atoms with Crippen molar-refractivity contribution in [3.05, 3.63) is 54.1 Å². The summed E-state index contributed by atoms with van der Waals surface area (Å²) < 4.78 is 5.78. The third kappa shape index (κ3) is 5.44. The maximum atomic E-state index is 11.9. The topological polar surface area (TPSA) is 53.6 Å². The van der Waals surface area contributed by atoms with E-state index in [1.54, 1.807) is 0 Å². The number of amides is 1. The molecule has 1 aliphatic heterocycles. The molecule has 1 amide bonds. The molecule has 0 radical (unpaired) electrons. The fourth-order valence-electron chi connectivity index (χ4n) is 2.96. The number of ether oxygens (including phenoxy) is 1. The van der Waals surface area contributed by atoms with Crippen LogP contribution in [0.25, 0.3) is 0 Å². The van der Waals surface area contributed by atoms with Gasteiger partial charge in [0.15, 0.2) is 5.11 Å². The second kappa shape index (κ2) is 8.86. The summed E-state index contributed by atoms with van der Waals surface area (Å²) in [6, 6.07) is 15.8. The predicted molar refractivity (Wildman–Crippen MR) is 114 cm³/mol. The summed E-state index contributed by atoms with van der Waals surface area (Å²) in [5.74, 6) is 1.02. The molecule has 1 saturated heterocycles. The van der Waals surface area contributed by atoms with E-state index in [4.69, 9.17) is 17.0 Å². The summed E-state index contributed by atoms with van der Waals surface area (Å²) in [6.45, 7) is 5.35. The Kier molecular flexibility index (Phi) is 6.29. The highest BCUT2D eigenvalue weighted by Crippen LogP contribution is 2.24. The summed E-state index contributed by atoms with van der Waals surface area (Å²) in [5, 5.41) is 6.93. The molecule has 142 valence electrons. The van der Waals surface area contributed by atoms with Crippen LogP contribution in [0.3, 0.4) is 0 Å². The minimum Gasteiger partial charge on any atom is -0.491 e. The molecule has 1 aliphatic rings. The van der Waals surface area contributed by atoms with Crippen molar-refractivity contribution in [3.8, 4) is 5.75 Å². The van der Waals surface area contributed by atoms with E-state index in [-0.39, 0.29) is 11.9 Å². The Morgan fingerprint density at radius 2 is 2.04 bits per heavy atom. The highest BCUT2D eigenvalue weighted by atomic mass is 32.1. The van der Waals surface area contributed by atoms with E-state index in [1.165, 1.54) is 5.56 Å². The molecule has 0 spiro atoms. The molecule has 0 saturated carbocycles. The van der Waals surface area contributed by atoms with Crippen LogP contribution in [0.5, 0.6) is 5.75 Å². The van der Waals surface area contributed by atoms with Crippen LogP contribution < -0.4 is 20.3 Å². The van der Waals surface area contributed by atoms with Crippen molar-refractivity contribution in [3.63, 3.8) is 0 Å². The molecule has 2 aromatic rings. The van der Waals surface area contributed by atoms with Crippen LogP contribution in [-0.2, 0) is 4.79 Å².